The molecule has 0 aromatic heterocycles. The van der Waals surface area contributed by atoms with E-state index in [9.17, 15) is 13.2 Å². The maximum atomic E-state index is 12.5. The minimum atomic E-state index is -4.32. The van der Waals surface area contributed by atoms with Crippen molar-refractivity contribution in [2.24, 2.45) is 5.73 Å². The Labute approximate surface area is 103 Å². The number of fused-ring (bicyclic) bond motifs is 1. The molecule has 1 aromatic rings. The van der Waals surface area contributed by atoms with Crippen molar-refractivity contribution in [2.75, 3.05) is 0 Å². The van der Waals surface area contributed by atoms with Crippen LogP contribution < -0.4 is 5.73 Å². The summed E-state index contributed by atoms with van der Waals surface area (Å²) in [6.45, 7) is 2.08. The Kier molecular flexibility index (Phi) is 4.06. The van der Waals surface area contributed by atoms with Crippen LogP contribution in [0.25, 0.3) is 0 Å². The van der Waals surface area contributed by atoms with Crippen molar-refractivity contribution in [2.45, 2.75) is 31.9 Å². The van der Waals surface area contributed by atoms with Gasteiger partial charge in [0.25, 0.3) is 0 Å². The third-order valence-corrected chi connectivity index (χ3v) is 2.84. The second kappa shape index (κ2) is 4.84. The van der Waals surface area contributed by atoms with Crippen molar-refractivity contribution in [3.63, 3.8) is 0 Å². The van der Waals surface area contributed by atoms with Gasteiger partial charge < -0.3 is 10.5 Å². The molecule has 0 fully saturated rings. The molecule has 0 spiro atoms. The van der Waals surface area contributed by atoms with Gasteiger partial charge in [-0.15, -0.1) is 12.4 Å². The standard InChI is InChI=1S/C11H12F3NO.ClH/c1-6-10(15)9-4-8(11(12,13)14)3-2-7(9)5-16-6;/h2-4,6,10H,5,15H2,1H3;1H/t6-,10+;/m0./s1. The molecule has 0 radical (unpaired) electrons. The molecular formula is C11H13ClF3NO. The average molecular weight is 268 g/mol. The van der Waals surface area contributed by atoms with Crippen molar-refractivity contribution in [1.29, 1.82) is 0 Å². The zero-order chi connectivity index (χ0) is 11.9. The summed E-state index contributed by atoms with van der Waals surface area (Å²) in [5, 5.41) is 0. The van der Waals surface area contributed by atoms with Gasteiger partial charge in [-0.25, -0.2) is 0 Å². The zero-order valence-corrected chi connectivity index (χ0v) is 9.94. The van der Waals surface area contributed by atoms with E-state index in [2.05, 4.69) is 0 Å². The molecule has 96 valence electrons. The molecule has 6 heteroatoms. The number of benzene rings is 1. The lowest BCUT2D eigenvalue weighted by Crippen LogP contribution is -2.31. The molecule has 17 heavy (non-hydrogen) atoms. The molecule has 0 amide bonds. The van der Waals surface area contributed by atoms with Crippen molar-refractivity contribution >= 4 is 12.4 Å². The molecule has 1 aliphatic heterocycles. The quantitative estimate of drug-likeness (QED) is 0.784. The van der Waals surface area contributed by atoms with Gasteiger partial charge in [0.05, 0.1) is 24.3 Å². The number of hydrogen-bond donors (Lipinski definition) is 1. The number of ether oxygens (including phenoxy) is 1. The second-order valence-corrected chi connectivity index (χ2v) is 3.95. The van der Waals surface area contributed by atoms with Gasteiger partial charge in [-0.2, -0.15) is 13.2 Å². The number of halogens is 4. The Bertz CT molecular complexity index is 408. The maximum Gasteiger partial charge on any atom is 0.416 e. The zero-order valence-electron chi connectivity index (χ0n) is 9.12. The highest BCUT2D eigenvalue weighted by Gasteiger charge is 2.33. The van der Waals surface area contributed by atoms with E-state index in [0.717, 1.165) is 17.7 Å². The Balaban J connectivity index is 0.00000144. The Hall–Kier alpha value is -0.780. The van der Waals surface area contributed by atoms with Crippen LogP contribution in [-0.2, 0) is 17.5 Å². The van der Waals surface area contributed by atoms with Crippen molar-refractivity contribution in [3.05, 3.63) is 34.9 Å². The van der Waals surface area contributed by atoms with Crippen LogP contribution in [0.1, 0.15) is 29.7 Å². The van der Waals surface area contributed by atoms with Gasteiger partial charge in [0.15, 0.2) is 0 Å². The van der Waals surface area contributed by atoms with Gasteiger partial charge in [-0.1, -0.05) is 6.07 Å². The molecule has 0 saturated carbocycles. The van der Waals surface area contributed by atoms with Crippen LogP contribution in [0.4, 0.5) is 13.2 Å². The summed E-state index contributed by atoms with van der Waals surface area (Å²) in [4.78, 5) is 0. The summed E-state index contributed by atoms with van der Waals surface area (Å²) < 4.78 is 42.9. The first-order valence-electron chi connectivity index (χ1n) is 4.97. The summed E-state index contributed by atoms with van der Waals surface area (Å²) in [5.41, 5.74) is 6.42. The minimum absolute atomic E-state index is 0. The predicted octanol–water partition coefficient (Wildman–Crippen LogP) is 3.05. The van der Waals surface area contributed by atoms with Crippen LogP contribution in [0.15, 0.2) is 18.2 Å². The van der Waals surface area contributed by atoms with Gasteiger partial charge in [-0.3, -0.25) is 0 Å². The van der Waals surface area contributed by atoms with E-state index in [4.69, 9.17) is 10.5 Å². The number of nitrogens with two attached hydrogens (primary N) is 1. The van der Waals surface area contributed by atoms with Crippen molar-refractivity contribution < 1.29 is 17.9 Å². The molecule has 0 unspecified atom stereocenters. The molecule has 0 saturated heterocycles. The molecule has 2 N–H and O–H groups in total. The number of rotatable bonds is 0. The van der Waals surface area contributed by atoms with Gasteiger partial charge >= 0.3 is 6.18 Å². The third kappa shape index (κ3) is 2.73. The van der Waals surface area contributed by atoms with E-state index in [1.807, 2.05) is 0 Å². The van der Waals surface area contributed by atoms with Gasteiger partial charge in [-0.05, 0) is 30.2 Å². The fourth-order valence-corrected chi connectivity index (χ4v) is 1.79. The van der Waals surface area contributed by atoms with Crippen LogP contribution in [0, 0.1) is 0 Å². The Morgan fingerprint density at radius 2 is 2.00 bits per heavy atom. The van der Waals surface area contributed by atoms with Crippen molar-refractivity contribution in [3.8, 4) is 0 Å². The fourth-order valence-electron chi connectivity index (χ4n) is 1.79. The summed E-state index contributed by atoms with van der Waals surface area (Å²) in [6.07, 6.45) is -4.58. The average Bonchev–Trinajstić information content (AvgIpc) is 2.22. The summed E-state index contributed by atoms with van der Waals surface area (Å²) in [6, 6.07) is 3.12. The smallest absolute Gasteiger partial charge is 0.372 e. The molecule has 2 atom stereocenters. The summed E-state index contributed by atoms with van der Waals surface area (Å²) in [5.74, 6) is 0. The maximum absolute atomic E-state index is 12.5. The molecule has 1 aromatic carbocycles. The predicted molar refractivity (Wildman–Crippen MR) is 59.9 cm³/mol. The highest BCUT2D eigenvalue weighted by Crippen LogP contribution is 2.34. The normalized spacial score (nSPS) is 23.8. The highest BCUT2D eigenvalue weighted by atomic mass is 35.5. The third-order valence-electron chi connectivity index (χ3n) is 2.84. The Morgan fingerprint density at radius 1 is 1.35 bits per heavy atom. The minimum Gasteiger partial charge on any atom is -0.372 e. The van der Waals surface area contributed by atoms with E-state index < -0.39 is 17.8 Å². The van der Waals surface area contributed by atoms with E-state index in [-0.39, 0.29) is 18.5 Å². The number of alkyl halides is 3. The second-order valence-electron chi connectivity index (χ2n) is 3.95. The highest BCUT2D eigenvalue weighted by molar-refractivity contribution is 5.85. The lowest BCUT2D eigenvalue weighted by atomic mass is 9.93. The summed E-state index contributed by atoms with van der Waals surface area (Å²) in [7, 11) is 0. The van der Waals surface area contributed by atoms with Crippen LogP contribution in [0.5, 0.6) is 0 Å². The van der Waals surface area contributed by atoms with Gasteiger partial charge in [0.1, 0.15) is 0 Å². The van der Waals surface area contributed by atoms with Crippen LogP contribution in [-0.4, -0.2) is 6.10 Å². The van der Waals surface area contributed by atoms with Gasteiger partial charge in [0.2, 0.25) is 0 Å². The largest absolute Gasteiger partial charge is 0.416 e. The Morgan fingerprint density at radius 3 is 2.59 bits per heavy atom. The molecule has 1 heterocycles. The van der Waals surface area contributed by atoms with E-state index in [1.165, 1.54) is 6.07 Å². The molecular weight excluding hydrogens is 255 g/mol. The first-order valence-corrected chi connectivity index (χ1v) is 4.97. The monoisotopic (exact) mass is 267 g/mol. The molecule has 2 nitrogen and oxygen atoms in total. The first-order chi connectivity index (χ1) is 7.39. The van der Waals surface area contributed by atoms with E-state index in [0.29, 0.717) is 12.2 Å². The molecule has 2 rings (SSSR count). The number of hydrogen-bond acceptors (Lipinski definition) is 2. The molecule has 1 aliphatic rings. The lowest BCUT2D eigenvalue weighted by Gasteiger charge is -2.29. The molecule has 0 aliphatic carbocycles. The van der Waals surface area contributed by atoms with E-state index in [1.54, 1.807) is 6.92 Å². The summed E-state index contributed by atoms with van der Waals surface area (Å²) >= 11 is 0. The molecule has 0 bridgehead atoms. The first kappa shape index (κ1) is 14.3. The fraction of sp³-hybridized carbons (Fsp3) is 0.455. The van der Waals surface area contributed by atoms with E-state index >= 15 is 0 Å². The van der Waals surface area contributed by atoms with Crippen LogP contribution in [0.3, 0.4) is 0 Å². The van der Waals surface area contributed by atoms with Crippen LogP contribution in [0.2, 0.25) is 0 Å². The SMILES string of the molecule is C[C@@H]1OCc2ccc(C(F)(F)F)cc2[C@@H]1N.Cl. The van der Waals surface area contributed by atoms with Crippen molar-refractivity contribution in [1.82, 2.24) is 0 Å². The van der Waals surface area contributed by atoms with Crippen LogP contribution >= 0.6 is 12.4 Å². The topological polar surface area (TPSA) is 35.2 Å². The lowest BCUT2D eigenvalue weighted by molar-refractivity contribution is -0.137. The van der Waals surface area contributed by atoms with Gasteiger partial charge in [0, 0.05) is 0 Å².